The lowest BCUT2D eigenvalue weighted by Gasteiger charge is -2.23. The van der Waals surface area contributed by atoms with Crippen molar-refractivity contribution in [2.75, 3.05) is 6.54 Å². The predicted octanol–water partition coefficient (Wildman–Crippen LogP) is 2.63. The average Bonchev–Trinajstić information content (AvgIpc) is 2.85. The second kappa shape index (κ2) is 5.60. The van der Waals surface area contributed by atoms with Crippen molar-refractivity contribution in [3.05, 3.63) is 65.5 Å². The van der Waals surface area contributed by atoms with E-state index in [0.717, 1.165) is 11.6 Å². The number of rotatable bonds is 3. The van der Waals surface area contributed by atoms with Gasteiger partial charge in [0.2, 0.25) is 5.91 Å². The summed E-state index contributed by atoms with van der Waals surface area (Å²) in [5.41, 5.74) is 1.38. The molecule has 1 aromatic heterocycles. The molecule has 0 aliphatic carbocycles. The highest BCUT2D eigenvalue weighted by atomic mass is 19.1. The van der Waals surface area contributed by atoms with Crippen molar-refractivity contribution in [1.82, 2.24) is 10.3 Å². The van der Waals surface area contributed by atoms with Gasteiger partial charge in [0.25, 0.3) is 0 Å². The molecule has 1 aliphatic heterocycles. The van der Waals surface area contributed by atoms with E-state index in [0.29, 0.717) is 18.5 Å². The number of nitrogens with zero attached hydrogens (tertiary/aromatic N) is 1. The van der Waals surface area contributed by atoms with Gasteiger partial charge in [-0.25, -0.2) is 8.78 Å². The van der Waals surface area contributed by atoms with Crippen molar-refractivity contribution in [2.24, 2.45) is 5.92 Å². The number of aromatic nitrogens is 1. The molecule has 0 radical (unpaired) electrons. The van der Waals surface area contributed by atoms with Crippen molar-refractivity contribution in [3.8, 4) is 0 Å². The number of benzene rings is 1. The molecule has 108 valence electrons. The lowest BCUT2D eigenvalue weighted by molar-refractivity contribution is -0.119. The number of halogens is 2. The number of hydrogen-bond acceptors (Lipinski definition) is 2. The molecule has 3 nitrogen and oxygen atoms in total. The molecule has 0 saturated carbocycles. The first-order valence-corrected chi connectivity index (χ1v) is 6.76. The van der Waals surface area contributed by atoms with Gasteiger partial charge in [0, 0.05) is 37.3 Å². The lowest BCUT2D eigenvalue weighted by atomic mass is 9.80. The first-order chi connectivity index (χ1) is 10.1. The smallest absolute Gasteiger partial charge is 0.220 e. The highest BCUT2D eigenvalue weighted by Gasteiger charge is 2.32. The monoisotopic (exact) mass is 288 g/mol. The molecule has 1 saturated heterocycles. The van der Waals surface area contributed by atoms with Crippen LogP contribution in [0.15, 0.2) is 42.7 Å². The van der Waals surface area contributed by atoms with Gasteiger partial charge in [0.15, 0.2) is 0 Å². The fourth-order valence-corrected chi connectivity index (χ4v) is 2.91. The minimum atomic E-state index is -0.615. The summed E-state index contributed by atoms with van der Waals surface area (Å²) in [7, 11) is 0. The summed E-state index contributed by atoms with van der Waals surface area (Å²) < 4.78 is 27.1. The van der Waals surface area contributed by atoms with Gasteiger partial charge in [-0.1, -0.05) is 6.07 Å². The van der Waals surface area contributed by atoms with Crippen LogP contribution < -0.4 is 5.32 Å². The first kappa shape index (κ1) is 13.7. The molecule has 2 heterocycles. The number of carbonyl (C=O) groups is 1. The Morgan fingerprint density at radius 2 is 1.95 bits per heavy atom. The third-order valence-electron chi connectivity index (χ3n) is 3.77. The Labute approximate surface area is 121 Å². The molecule has 1 fully saturated rings. The Morgan fingerprint density at radius 1 is 1.19 bits per heavy atom. The molecule has 0 spiro atoms. The van der Waals surface area contributed by atoms with E-state index in [9.17, 15) is 13.6 Å². The highest BCUT2D eigenvalue weighted by Crippen LogP contribution is 2.35. The molecule has 1 aromatic carbocycles. The van der Waals surface area contributed by atoms with Crippen molar-refractivity contribution < 1.29 is 13.6 Å². The Balaban J connectivity index is 2.05. The molecule has 3 rings (SSSR count). The molecular weight excluding hydrogens is 274 g/mol. The Hall–Kier alpha value is -2.30. The summed E-state index contributed by atoms with van der Waals surface area (Å²) in [6.07, 6.45) is 3.67. The van der Waals surface area contributed by atoms with Gasteiger partial charge in [-0.3, -0.25) is 9.78 Å². The zero-order valence-electron chi connectivity index (χ0n) is 11.2. The number of nitrogens with one attached hydrogen (secondary N) is 1. The molecule has 0 bridgehead atoms. The summed E-state index contributed by atoms with van der Waals surface area (Å²) in [5.74, 6) is -1.57. The molecule has 21 heavy (non-hydrogen) atoms. The second-order valence-corrected chi connectivity index (χ2v) is 5.24. The number of carbonyl (C=O) groups excluding carboxylic acids is 1. The maximum absolute atomic E-state index is 13.5. The van der Waals surface area contributed by atoms with Crippen LogP contribution in [0.2, 0.25) is 0 Å². The number of hydrogen-bond donors (Lipinski definition) is 1. The Morgan fingerprint density at radius 3 is 2.52 bits per heavy atom. The maximum atomic E-state index is 13.5. The topological polar surface area (TPSA) is 42.0 Å². The molecule has 2 atom stereocenters. The van der Waals surface area contributed by atoms with Crippen molar-refractivity contribution in [2.45, 2.75) is 12.3 Å². The van der Waals surface area contributed by atoms with E-state index in [2.05, 4.69) is 10.3 Å². The van der Waals surface area contributed by atoms with Gasteiger partial charge in [-0.05, 0) is 35.2 Å². The van der Waals surface area contributed by atoms with Crippen molar-refractivity contribution >= 4 is 5.91 Å². The Bertz CT molecular complexity index is 640. The highest BCUT2D eigenvalue weighted by molar-refractivity contribution is 5.78. The van der Waals surface area contributed by atoms with Crippen molar-refractivity contribution in [3.63, 3.8) is 0 Å². The third kappa shape index (κ3) is 2.91. The molecule has 5 heteroatoms. The van der Waals surface area contributed by atoms with Gasteiger partial charge in [0.1, 0.15) is 11.6 Å². The van der Waals surface area contributed by atoms with Crippen molar-refractivity contribution in [1.29, 1.82) is 0 Å². The standard InChI is InChI=1S/C16H14F2N2O/c17-13-4-11(5-14(18)7-13)16(10-2-1-3-19-8-10)12-6-15(21)20-9-12/h1-5,7-8,12,16H,6,9H2,(H,20,21). The van der Waals surface area contributed by atoms with E-state index in [1.807, 2.05) is 6.07 Å². The van der Waals surface area contributed by atoms with E-state index in [-0.39, 0.29) is 17.7 Å². The van der Waals surface area contributed by atoms with Crippen LogP contribution in [0.25, 0.3) is 0 Å². The average molecular weight is 288 g/mol. The molecule has 1 amide bonds. The van der Waals surface area contributed by atoms with Crippen LogP contribution in [-0.4, -0.2) is 17.4 Å². The molecule has 1 N–H and O–H groups in total. The van der Waals surface area contributed by atoms with E-state index in [1.165, 1.54) is 12.1 Å². The van der Waals surface area contributed by atoms with Crippen LogP contribution in [0.1, 0.15) is 23.5 Å². The van der Waals surface area contributed by atoms with Crippen LogP contribution in [0.4, 0.5) is 8.78 Å². The van der Waals surface area contributed by atoms with Gasteiger partial charge in [-0.15, -0.1) is 0 Å². The number of pyridine rings is 1. The SMILES string of the molecule is O=C1CC(C(c2cccnc2)c2cc(F)cc(F)c2)CN1. The number of amides is 1. The van der Waals surface area contributed by atoms with Gasteiger partial charge in [0.05, 0.1) is 0 Å². The third-order valence-corrected chi connectivity index (χ3v) is 3.77. The second-order valence-electron chi connectivity index (χ2n) is 5.24. The van der Waals surface area contributed by atoms with Crippen LogP contribution in [0.3, 0.4) is 0 Å². The first-order valence-electron chi connectivity index (χ1n) is 6.76. The van der Waals surface area contributed by atoms with Gasteiger partial charge < -0.3 is 5.32 Å². The fraction of sp³-hybridized carbons (Fsp3) is 0.250. The van der Waals surface area contributed by atoms with Crippen LogP contribution in [0, 0.1) is 17.6 Å². The summed E-state index contributed by atoms with van der Waals surface area (Å²) >= 11 is 0. The van der Waals surface area contributed by atoms with Crippen LogP contribution in [-0.2, 0) is 4.79 Å². The normalized spacial score (nSPS) is 19.3. The molecule has 2 unspecified atom stereocenters. The zero-order chi connectivity index (χ0) is 14.8. The molecular formula is C16H14F2N2O. The minimum absolute atomic E-state index is 0.0363. The van der Waals surface area contributed by atoms with Gasteiger partial charge in [-0.2, -0.15) is 0 Å². The predicted molar refractivity (Wildman–Crippen MR) is 73.6 cm³/mol. The largest absolute Gasteiger partial charge is 0.356 e. The minimum Gasteiger partial charge on any atom is -0.356 e. The summed E-state index contributed by atoms with van der Waals surface area (Å²) in [5, 5.41) is 2.77. The molecule has 1 aliphatic rings. The maximum Gasteiger partial charge on any atom is 0.220 e. The summed E-state index contributed by atoms with van der Waals surface area (Å²) in [6, 6.07) is 7.14. The fourth-order valence-electron chi connectivity index (χ4n) is 2.91. The van der Waals surface area contributed by atoms with Crippen LogP contribution >= 0.6 is 0 Å². The van der Waals surface area contributed by atoms with E-state index < -0.39 is 11.6 Å². The lowest BCUT2D eigenvalue weighted by Crippen LogP contribution is -2.18. The van der Waals surface area contributed by atoms with Gasteiger partial charge >= 0.3 is 0 Å². The summed E-state index contributed by atoms with van der Waals surface area (Å²) in [4.78, 5) is 15.6. The van der Waals surface area contributed by atoms with E-state index >= 15 is 0 Å². The molecule has 2 aromatic rings. The van der Waals surface area contributed by atoms with Crippen LogP contribution in [0.5, 0.6) is 0 Å². The van der Waals surface area contributed by atoms with E-state index in [1.54, 1.807) is 18.5 Å². The Kier molecular flexibility index (Phi) is 3.64. The quantitative estimate of drug-likeness (QED) is 0.943. The van der Waals surface area contributed by atoms with E-state index in [4.69, 9.17) is 0 Å². The zero-order valence-corrected chi connectivity index (χ0v) is 11.2. The summed E-state index contributed by atoms with van der Waals surface area (Å²) in [6.45, 7) is 0.497.